The van der Waals surface area contributed by atoms with E-state index in [1.54, 1.807) is 31.0 Å². The monoisotopic (exact) mass is 320 g/mol. The van der Waals surface area contributed by atoms with Gasteiger partial charge in [0.2, 0.25) is 0 Å². The van der Waals surface area contributed by atoms with Crippen molar-refractivity contribution in [1.82, 2.24) is 19.9 Å². The van der Waals surface area contributed by atoms with Crippen molar-refractivity contribution in [3.63, 3.8) is 0 Å². The summed E-state index contributed by atoms with van der Waals surface area (Å²) in [5, 5.41) is 1.14. The Morgan fingerprint density at radius 1 is 0.542 bits per heavy atom. The second-order valence-electron chi connectivity index (χ2n) is 4.12. The predicted octanol–water partition coefficient (Wildman–Crippen LogP) is 5.31. The molecule has 0 fully saturated rings. The number of hydrogen-bond donors (Lipinski definition) is 0. The van der Waals surface area contributed by atoms with Gasteiger partial charge in [-0.25, -0.2) is 0 Å². The van der Waals surface area contributed by atoms with Crippen molar-refractivity contribution in [3.8, 4) is 0 Å². The zero-order valence-electron chi connectivity index (χ0n) is 14.7. The lowest BCUT2D eigenvalue weighted by atomic mass is 10.3. The van der Waals surface area contributed by atoms with Crippen LogP contribution in [0.25, 0.3) is 21.9 Å². The molecule has 0 atom stereocenters. The molecule has 0 saturated carbocycles. The summed E-state index contributed by atoms with van der Waals surface area (Å²) in [6.07, 6.45) is 8.83. The summed E-state index contributed by atoms with van der Waals surface area (Å²) < 4.78 is 0. The zero-order valence-corrected chi connectivity index (χ0v) is 14.7. The van der Waals surface area contributed by atoms with E-state index in [1.807, 2.05) is 70.2 Å². The van der Waals surface area contributed by atoms with E-state index >= 15 is 0 Å². The largest absolute Gasteiger partial charge is 0.262 e. The van der Waals surface area contributed by atoms with Gasteiger partial charge in [0.05, 0.1) is 22.7 Å². The number of nitrogens with zero attached hydrogens (tertiary/aromatic N) is 4. The van der Waals surface area contributed by atoms with Gasteiger partial charge < -0.3 is 0 Å². The molecule has 0 aromatic carbocycles. The van der Waals surface area contributed by atoms with Crippen molar-refractivity contribution in [2.45, 2.75) is 27.7 Å². The number of rotatable bonds is 0. The molecule has 0 aliphatic rings. The van der Waals surface area contributed by atoms with Crippen molar-refractivity contribution in [2.75, 3.05) is 0 Å². The van der Waals surface area contributed by atoms with Crippen molar-refractivity contribution >= 4 is 21.9 Å². The van der Waals surface area contributed by atoms with Gasteiger partial charge in [0, 0.05) is 30.2 Å². The van der Waals surface area contributed by atoms with Crippen LogP contribution in [0, 0.1) is 0 Å². The van der Waals surface area contributed by atoms with Crippen LogP contribution in [0.5, 0.6) is 0 Å². The molecule has 24 heavy (non-hydrogen) atoms. The highest BCUT2D eigenvalue weighted by Gasteiger charge is 1.88. The molecule has 0 aliphatic heterocycles. The van der Waals surface area contributed by atoms with Crippen LogP contribution in [0.4, 0.5) is 0 Å². The van der Waals surface area contributed by atoms with Gasteiger partial charge >= 0.3 is 0 Å². The van der Waals surface area contributed by atoms with Crippen LogP contribution in [0.15, 0.2) is 73.4 Å². The molecule has 124 valence electrons. The fraction of sp³-hybridized carbons (Fsp3) is 0.200. The number of fused-ring (bicyclic) bond motifs is 2. The van der Waals surface area contributed by atoms with Crippen molar-refractivity contribution in [1.29, 1.82) is 0 Å². The second-order valence-corrected chi connectivity index (χ2v) is 4.12. The van der Waals surface area contributed by atoms with Gasteiger partial charge in [-0.15, -0.1) is 0 Å². The Kier molecular flexibility index (Phi) is 9.31. The van der Waals surface area contributed by atoms with E-state index in [0.717, 1.165) is 21.9 Å². The average molecular weight is 320 g/mol. The molecule has 0 amide bonds. The van der Waals surface area contributed by atoms with E-state index in [2.05, 4.69) is 19.9 Å². The Labute approximate surface area is 143 Å². The minimum Gasteiger partial charge on any atom is -0.262 e. The van der Waals surface area contributed by atoms with Gasteiger partial charge in [-0.2, -0.15) is 0 Å². The highest BCUT2D eigenvalue weighted by Crippen LogP contribution is 2.06. The van der Waals surface area contributed by atoms with E-state index in [9.17, 15) is 0 Å². The van der Waals surface area contributed by atoms with Crippen molar-refractivity contribution in [3.05, 3.63) is 73.4 Å². The minimum atomic E-state index is 0.949. The molecule has 4 heteroatoms. The summed E-state index contributed by atoms with van der Waals surface area (Å²) in [6, 6.07) is 13.5. The lowest BCUT2D eigenvalue weighted by molar-refractivity contribution is 1.31. The van der Waals surface area contributed by atoms with Gasteiger partial charge in [-0.05, 0) is 36.4 Å². The molecule has 0 aliphatic carbocycles. The average Bonchev–Trinajstić information content (AvgIpc) is 2.72. The quantitative estimate of drug-likeness (QED) is 0.440. The lowest BCUT2D eigenvalue weighted by Crippen LogP contribution is -1.78. The van der Waals surface area contributed by atoms with Crippen LogP contribution in [-0.2, 0) is 0 Å². The first-order valence-electron chi connectivity index (χ1n) is 8.24. The van der Waals surface area contributed by atoms with Gasteiger partial charge in [-0.3, -0.25) is 19.9 Å². The molecule has 0 bridgehead atoms. The summed E-state index contributed by atoms with van der Waals surface area (Å²) in [4.78, 5) is 16.3. The fourth-order valence-corrected chi connectivity index (χ4v) is 1.82. The summed E-state index contributed by atoms with van der Waals surface area (Å²) in [6.45, 7) is 8.00. The van der Waals surface area contributed by atoms with E-state index in [0.29, 0.717) is 0 Å². The highest BCUT2D eigenvalue weighted by atomic mass is 14.7. The molecule has 4 aromatic heterocycles. The summed E-state index contributed by atoms with van der Waals surface area (Å²) in [5.41, 5.74) is 2.85. The fourth-order valence-electron chi connectivity index (χ4n) is 1.82. The maximum absolute atomic E-state index is 4.12. The minimum absolute atomic E-state index is 0.949. The van der Waals surface area contributed by atoms with Crippen LogP contribution in [0.2, 0.25) is 0 Å². The first kappa shape index (κ1) is 19.2. The standard InChI is InChI=1S/2C8H6N2.2C2H6/c1-3-7-8(9-5-1)4-2-6-10-7;1-2-7-3-5-9-6-8(7)10-4-1;2*1-2/h2*1-6H;2*1-2H3. The zero-order chi connectivity index (χ0) is 17.6. The van der Waals surface area contributed by atoms with Gasteiger partial charge in [0.25, 0.3) is 0 Å². The first-order valence-corrected chi connectivity index (χ1v) is 8.24. The molecule has 0 radical (unpaired) electrons. The third-order valence-corrected chi connectivity index (χ3v) is 2.78. The van der Waals surface area contributed by atoms with E-state index < -0.39 is 0 Å². The highest BCUT2D eigenvalue weighted by molar-refractivity contribution is 5.76. The molecular weight excluding hydrogens is 296 g/mol. The Balaban J connectivity index is 0.000000199. The lowest BCUT2D eigenvalue weighted by Gasteiger charge is -1.90. The molecular formula is C20H24N4. The van der Waals surface area contributed by atoms with E-state index in [1.165, 1.54) is 0 Å². The van der Waals surface area contributed by atoms with Gasteiger partial charge in [0.1, 0.15) is 0 Å². The Morgan fingerprint density at radius 2 is 1.04 bits per heavy atom. The van der Waals surface area contributed by atoms with E-state index in [-0.39, 0.29) is 0 Å². The number of hydrogen-bond acceptors (Lipinski definition) is 4. The molecule has 4 nitrogen and oxygen atoms in total. The third-order valence-electron chi connectivity index (χ3n) is 2.78. The van der Waals surface area contributed by atoms with Crippen LogP contribution in [0.3, 0.4) is 0 Å². The molecule has 4 rings (SSSR count). The normalized spacial score (nSPS) is 8.83. The van der Waals surface area contributed by atoms with Crippen LogP contribution >= 0.6 is 0 Å². The van der Waals surface area contributed by atoms with Crippen molar-refractivity contribution < 1.29 is 0 Å². The molecule has 0 unspecified atom stereocenters. The molecule has 4 heterocycles. The Hall–Kier alpha value is -2.88. The molecule has 0 spiro atoms. The first-order chi connectivity index (χ1) is 11.9. The molecule has 0 N–H and O–H groups in total. The number of aromatic nitrogens is 4. The Morgan fingerprint density at radius 3 is 1.58 bits per heavy atom. The second kappa shape index (κ2) is 11.7. The summed E-state index contributed by atoms with van der Waals surface area (Å²) >= 11 is 0. The molecule has 0 saturated heterocycles. The number of pyridine rings is 4. The maximum atomic E-state index is 4.12. The van der Waals surface area contributed by atoms with Crippen LogP contribution in [0.1, 0.15) is 27.7 Å². The van der Waals surface area contributed by atoms with Crippen LogP contribution < -0.4 is 0 Å². The Bertz CT molecular complexity index is 629. The van der Waals surface area contributed by atoms with Gasteiger partial charge in [-0.1, -0.05) is 33.8 Å². The van der Waals surface area contributed by atoms with Crippen molar-refractivity contribution in [2.24, 2.45) is 0 Å². The van der Waals surface area contributed by atoms with E-state index in [4.69, 9.17) is 0 Å². The molecule has 4 aromatic rings. The SMILES string of the molecule is CC.CC.c1cnc2cccnc2c1.c1cnc2cnccc2c1. The third kappa shape index (κ3) is 5.72. The maximum Gasteiger partial charge on any atom is 0.0886 e. The topological polar surface area (TPSA) is 51.6 Å². The summed E-state index contributed by atoms with van der Waals surface area (Å²) in [5.74, 6) is 0. The van der Waals surface area contributed by atoms with Crippen LogP contribution in [-0.4, -0.2) is 19.9 Å². The smallest absolute Gasteiger partial charge is 0.0886 e. The summed E-state index contributed by atoms with van der Waals surface area (Å²) in [7, 11) is 0. The van der Waals surface area contributed by atoms with Gasteiger partial charge in [0.15, 0.2) is 0 Å². The predicted molar refractivity (Wildman–Crippen MR) is 102 cm³/mol.